The van der Waals surface area contributed by atoms with Crippen molar-refractivity contribution in [1.82, 2.24) is 5.32 Å². The van der Waals surface area contributed by atoms with E-state index in [1.54, 1.807) is 0 Å². The number of para-hydroxylation sites is 1. The number of carbonyl (C=O) groups is 2. The van der Waals surface area contributed by atoms with E-state index in [0.717, 1.165) is 12.1 Å². The Bertz CT molecular complexity index is 520. The molecule has 0 spiro atoms. The molecule has 0 atom stereocenters. The molecule has 1 aromatic rings. The lowest BCUT2D eigenvalue weighted by Crippen LogP contribution is -2.36. The summed E-state index contributed by atoms with van der Waals surface area (Å²) in [6.45, 7) is -0.828. The molecule has 0 saturated carbocycles. The lowest BCUT2D eigenvalue weighted by atomic mass is 10.1. The molecular formula is C11H11ClF3N3O2. The maximum absolute atomic E-state index is 12.8. The van der Waals surface area contributed by atoms with E-state index in [-0.39, 0.29) is 11.6 Å². The van der Waals surface area contributed by atoms with E-state index < -0.39 is 35.8 Å². The topological polar surface area (TPSA) is 84.2 Å². The summed E-state index contributed by atoms with van der Waals surface area (Å²) in [5.74, 6) is -1.44. The minimum atomic E-state index is -4.66. The summed E-state index contributed by atoms with van der Waals surface area (Å²) in [6.07, 6.45) is -4.66. The van der Waals surface area contributed by atoms with Crippen LogP contribution in [0.2, 0.25) is 5.02 Å². The zero-order chi connectivity index (χ0) is 15.3. The lowest BCUT2D eigenvalue weighted by Gasteiger charge is -2.15. The highest BCUT2D eigenvalue weighted by Crippen LogP contribution is 2.38. The normalized spacial score (nSPS) is 11.1. The minimum absolute atomic E-state index is 0.252. The molecule has 1 rings (SSSR count). The van der Waals surface area contributed by atoms with Crippen molar-refractivity contribution in [2.24, 2.45) is 5.73 Å². The second kappa shape index (κ2) is 6.58. The van der Waals surface area contributed by atoms with Gasteiger partial charge in [-0.2, -0.15) is 13.2 Å². The van der Waals surface area contributed by atoms with E-state index in [1.807, 2.05) is 5.32 Å². The molecule has 0 unspecified atom stereocenters. The first-order chi connectivity index (χ1) is 9.25. The van der Waals surface area contributed by atoms with Crippen LogP contribution in [0.4, 0.5) is 18.9 Å². The Morgan fingerprint density at radius 2 is 1.90 bits per heavy atom. The van der Waals surface area contributed by atoms with Crippen molar-refractivity contribution in [3.05, 3.63) is 28.8 Å². The third-order valence-corrected chi connectivity index (χ3v) is 2.53. The lowest BCUT2D eigenvalue weighted by molar-refractivity contribution is -0.137. The number of anilines is 1. The minimum Gasteiger partial charge on any atom is -0.346 e. The largest absolute Gasteiger partial charge is 0.418 e. The average molecular weight is 310 g/mol. The smallest absolute Gasteiger partial charge is 0.346 e. The maximum Gasteiger partial charge on any atom is 0.418 e. The van der Waals surface area contributed by atoms with Gasteiger partial charge in [0.2, 0.25) is 11.8 Å². The van der Waals surface area contributed by atoms with E-state index >= 15 is 0 Å². The van der Waals surface area contributed by atoms with Gasteiger partial charge in [0.15, 0.2) is 0 Å². The molecule has 9 heteroatoms. The van der Waals surface area contributed by atoms with Crippen LogP contribution in [0, 0.1) is 0 Å². The van der Waals surface area contributed by atoms with Gasteiger partial charge in [0.25, 0.3) is 0 Å². The molecule has 20 heavy (non-hydrogen) atoms. The number of carbonyl (C=O) groups excluding carboxylic acids is 2. The van der Waals surface area contributed by atoms with E-state index in [9.17, 15) is 22.8 Å². The molecule has 0 aliphatic rings. The number of amides is 2. The van der Waals surface area contributed by atoms with E-state index in [4.69, 9.17) is 17.3 Å². The number of nitrogens with two attached hydrogens (primary N) is 1. The van der Waals surface area contributed by atoms with Gasteiger partial charge < -0.3 is 16.4 Å². The Morgan fingerprint density at radius 3 is 2.45 bits per heavy atom. The summed E-state index contributed by atoms with van der Waals surface area (Å²) in [7, 11) is 0. The van der Waals surface area contributed by atoms with Gasteiger partial charge >= 0.3 is 6.18 Å². The number of rotatable bonds is 4. The van der Waals surface area contributed by atoms with Crippen molar-refractivity contribution in [1.29, 1.82) is 0 Å². The van der Waals surface area contributed by atoms with Crippen LogP contribution >= 0.6 is 11.6 Å². The van der Waals surface area contributed by atoms with Gasteiger partial charge in [-0.3, -0.25) is 9.59 Å². The number of hydrogen-bond donors (Lipinski definition) is 3. The average Bonchev–Trinajstić information content (AvgIpc) is 2.37. The van der Waals surface area contributed by atoms with Crippen molar-refractivity contribution < 1.29 is 22.8 Å². The fourth-order valence-electron chi connectivity index (χ4n) is 1.32. The van der Waals surface area contributed by atoms with Crippen LogP contribution in [0.15, 0.2) is 18.2 Å². The molecule has 0 saturated heterocycles. The zero-order valence-electron chi connectivity index (χ0n) is 10.1. The number of halogens is 4. The quantitative estimate of drug-likeness (QED) is 0.785. The van der Waals surface area contributed by atoms with Crippen molar-refractivity contribution in [3.63, 3.8) is 0 Å². The van der Waals surface area contributed by atoms with Crippen molar-refractivity contribution in [3.8, 4) is 0 Å². The van der Waals surface area contributed by atoms with E-state index in [2.05, 4.69) is 5.32 Å². The van der Waals surface area contributed by atoms with Gasteiger partial charge in [0.05, 0.1) is 29.4 Å². The predicted octanol–water partition coefficient (Wildman–Crippen LogP) is 1.37. The second-order valence-electron chi connectivity index (χ2n) is 3.69. The molecule has 4 N–H and O–H groups in total. The number of alkyl halides is 3. The molecule has 0 aliphatic carbocycles. The zero-order valence-corrected chi connectivity index (χ0v) is 10.8. The van der Waals surface area contributed by atoms with Crippen LogP contribution in [0.5, 0.6) is 0 Å². The first kappa shape index (κ1) is 16.3. The van der Waals surface area contributed by atoms with Crippen molar-refractivity contribution >= 4 is 29.1 Å². The SMILES string of the molecule is NCC(=O)NCC(=O)Nc1c(Cl)cccc1C(F)(F)F. The first-order valence-electron chi connectivity index (χ1n) is 5.38. The summed E-state index contributed by atoms with van der Waals surface area (Å²) in [5, 5.41) is 3.90. The molecule has 0 radical (unpaired) electrons. The molecule has 0 heterocycles. The summed E-state index contributed by atoms with van der Waals surface area (Å²) in [6, 6.07) is 3.13. The second-order valence-corrected chi connectivity index (χ2v) is 4.10. The molecule has 0 aromatic heterocycles. The summed E-state index contributed by atoms with van der Waals surface area (Å²) in [4.78, 5) is 22.3. The Morgan fingerprint density at radius 1 is 1.25 bits per heavy atom. The molecule has 5 nitrogen and oxygen atoms in total. The third-order valence-electron chi connectivity index (χ3n) is 2.21. The number of hydrogen-bond acceptors (Lipinski definition) is 3. The Kier molecular flexibility index (Phi) is 5.34. The van der Waals surface area contributed by atoms with E-state index in [0.29, 0.717) is 0 Å². The molecule has 1 aromatic carbocycles. The van der Waals surface area contributed by atoms with E-state index in [1.165, 1.54) is 6.07 Å². The Balaban J connectivity index is 2.87. The molecule has 0 aliphatic heterocycles. The highest BCUT2D eigenvalue weighted by Gasteiger charge is 2.34. The first-order valence-corrected chi connectivity index (χ1v) is 5.76. The van der Waals surface area contributed by atoms with Gasteiger partial charge in [-0.1, -0.05) is 17.7 Å². The molecule has 110 valence electrons. The number of benzene rings is 1. The standard InChI is InChI=1S/C11H11ClF3N3O2/c12-7-3-1-2-6(11(13,14)15)10(7)18-9(20)5-17-8(19)4-16/h1-3H,4-5,16H2,(H,17,19)(H,18,20). The van der Waals surface area contributed by atoms with Crippen LogP contribution in [0.3, 0.4) is 0 Å². The maximum atomic E-state index is 12.8. The fourth-order valence-corrected chi connectivity index (χ4v) is 1.54. The van der Waals surface area contributed by atoms with Crippen molar-refractivity contribution in [2.45, 2.75) is 6.18 Å². The monoisotopic (exact) mass is 309 g/mol. The summed E-state index contributed by atoms with van der Waals surface area (Å²) < 4.78 is 38.3. The summed E-state index contributed by atoms with van der Waals surface area (Å²) >= 11 is 5.65. The van der Waals surface area contributed by atoms with Crippen LogP contribution in [-0.4, -0.2) is 24.9 Å². The fraction of sp³-hybridized carbons (Fsp3) is 0.273. The van der Waals surface area contributed by atoms with Crippen molar-refractivity contribution in [2.75, 3.05) is 18.4 Å². The van der Waals surface area contributed by atoms with Gasteiger partial charge in [-0.25, -0.2) is 0 Å². The Labute approximate surface area is 117 Å². The van der Waals surface area contributed by atoms with Gasteiger partial charge in [-0.15, -0.1) is 0 Å². The van der Waals surface area contributed by atoms with Gasteiger partial charge in [0.1, 0.15) is 0 Å². The molecule has 0 bridgehead atoms. The summed E-state index contributed by atoms with van der Waals surface area (Å²) in [5.41, 5.74) is 3.39. The third kappa shape index (κ3) is 4.39. The van der Waals surface area contributed by atoms with Crippen LogP contribution < -0.4 is 16.4 Å². The highest BCUT2D eigenvalue weighted by molar-refractivity contribution is 6.34. The van der Waals surface area contributed by atoms with Crippen LogP contribution in [-0.2, 0) is 15.8 Å². The Hall–Kier alpha value is -1.80. The van der Waals surface area contributed by atoms with Gasteiger partial charge in [0, 0.05) is 0 Å². The van der Waals surface area contributed by atoms with Crippen LogP contribution in [0.1, 0.15) is 5.56 Å². The van der Waals surface area contributed by atoms with Gasteiger partial charge in [-0.05, 0) is 12.1 Å². The highest BCUT2D eigenvalue weighted by atomic mass is 35.5. The number of nitrogens with one attached hydrogen (secondary N) is 2. The predicted molar refractivity (Wildman–Crippen MR) is 67.1 cm³/mol. The molecule has 0 fully saturated rings. The molecular weight excluding hydrogens is 299 g/mol. The van der Waals surface area contributed by atoms with Crippen LogP contribution in [0.25, 0.3) is 0 Å². The molecule has 2 amide bonds.